The second-order valence-corrected chi connectivity index (χ2v) is 7.04. The van der Waals surface area contributed by atoms with Gasteiger partial charge in [-0.25, -0.2) is 15.0 Å². The van der Waals surface area contributed by atoms with Gasteiger partial charge in [0.1, 0.15) is 11.9 Å². The van der Waals surface area contributed by atoms with E-state index in [9.17, 15) is 10.1 Å². The summed E-state index contributed by atoms with van der Waals surface area (Å²) < 4.78 is 0. The quantitative estimate of drug-likeness (QED) is 0.673. The Morgan fingerprint density at radius 3 is 2.67 bits per heavy atom. The van der Waals surface area contributed by atoms with Crippen LogP contribution in [0.25, 0.3) is 11.3 Å². The lowest BCUT2D eigenvalue weighted by atomic mass is 10.1. The molecule has 2 N–H and O–H groups in total. The van der Waals surface area contributed by atoms with Crippen molar-refractivity contribution in [3.05, 3.63) is 54.4 Å². The SMILES string of the molecule is CC(=O)Nc1ccc(Nc2nccc(-c3ccc(N4CCCC4)c(C#N)c3)n2)cn1. The molecule has 8 nitrogen and oxygen atoms in total. The smallest absolute Gasteiger partial charge is 0.227 e. The number of anilines is 4. The van der Waals surface area contributed by atoms with Gasteiger partial charge >= 0.3 is 0 Å². The minimum Gasteiger partial charge on any atom is -0.370 e. The minimum absolute atomic E-state index is 0.174. The van der Waals surface area contributed by atoms with Crippen molar-refractivity contribution in [2.45, 2.75) is 19.8 Å². The number of amides is 1. The maximum absolute atomic E-state index is 11.1. The summed E-state index contributed by atoms with van der Waals surface area (Å²) in [5.74, 6) is 0.722. The van der Waals surface area contributed by atoms with Crippen LogP contribution < -0.4 is 15.5 Å². The number of pyridine rings is 1. The Bertz CT molecular complexity index is 1100. The first kappa shape index (κ1) is 19.3. The number of benzene rings is 1. The van der Waals surface area contributed by atoms with E-state index in [2.05, 4.69) is 36.6 Å². The topological polar surface area (TPSA) is 107 Å². The Labute approximate surface area is 174 Å². The molecule has 0 bridgehead atoms. The summed E-state index contributed by atoms with van der Waals surface area (Å²) in [4.78, 5) is 26.4. The van der Waals surface area contributed by atoms with Crippen molar-refractivity contribution >= 4 is 29.0 Å². The molecule has 1 aromatic carbocycles. The lowest BCUT2D eigenvalue weighted by Crippen LogP contribution is -2.18. The number of carbonyl (C=O) groups is 1. The van der Waals surface area contributed by atoms with E-state index in [-0.39, 0.29) is 5.91 Å². The fourth-order valence-electron chi connectivity index (χ4n) is 3.45. The molecular formula is C22H21N7O. The fourth-order valence-corrected chi connectivity index (χ4v) is 3.45. The Morgan fingerprint density at radius 1 is 1.13 bits per heavy atom. The van der Waals surface area contributed by atoms with Gasteiger partial charge in [-0.3, -0.25) is 4.79 Å². The largest absolute Gasteiger partial charge is 0.370 e. The van der Waals surface area contributed by atoms with Gasteiger partial charge in [0.05, 0.1) is 28.8 Å². The molecule has 0 radical (unpaired) electrons. The van der Waals surface area contributed by atoms with Gasteiger partial charge in [-0.2, -0.15) is 5.26 Å². The third kappa shape index (κ3) is 4.36. The summed E-state index contributed by atoms with van der Waals surface area (Å²) in [5.41, 5.74) is 3.92. The van der Waals surface area contributed by atoms with Crippen LogP contribution >= 0.6 is 0 Å². The Balaban J connectivity index is 1.54. The van der Waals surface area contributed by atoms with Crippen LogP contribution in [0.2, 0.25) is 0 Å². The maximum atomic E-state index is 11.1. The lowest BCUT2D eigenvalue weighted by molar-refractivity contribution is -0.114. The van der Waals surface area contributed by atoms with Crippen LogP contribution in [0.1, 0.15) is 25.3 Å². The summed E-state index contributed by atoms with van der Waals surface area (Å²) in [6.45, 7) is 3.41. The van der Waals surface area contributed by atoms with Crippen molar-refractivity contribution in [3.8, 4) is 17.3 Å². The van der Waals surface area contributed by atoms with Crippen molar-refractivity contribution in [1.82, 2.24) is 15.0 Å². The minimum atomic E-state index is -0.174. The second-order valence-electron chi connectivity index (χ2n) is 7.04. The molecule has 1 aliphatic rings. The molecule has 0 unspecified atom stereocenters. The van der Waals surface area contributed by atoms with E-state index in [0.29, 0.717) is 23.0 Å². The number of nitrogens with one attached hydrogen (secondary N) is 2. The first-order chi connectivity index (χ1) is 14.6. The van der Waals surface area contributed by atoms with Crippen molar-refractivity contribution in [2.75, 3.05) is 28.6 Å². The molecule has 1 aliphatic heterocycles. The molecule has 4 rings (SSSR count). The van der Waals surface area contributed by atoms with Gasteiger partial charge in [0.15, 0.2) is 0 Å². The van der Waals surface area contributed by atoms with Gasteiger partial charge in [0, 0.05) is 31.8 Å². The average Bonchev–Trinajstić information content (AvgIpc) is 3.29. The van der Waals surface area contributed by atoms with E-state index in [1.165, 1.54) is 6.92 Å². The third-order valence-corrected chi connectivity index (χ3v) is 4.84. The zero-order valence-corrected chi connectivity index (χ0v) is 16.6. The highest BCUT2D eigenvalue weighted by Gasteiger charge is 2.16. The fraction of sp³-hybridized carbons (Fsp3) is 0.227. The molecule has 1 saturated heterocycles. The molecule has 0 atom stereocenters. The van der Waals surface area contributed by atoms with Crippen LogP contribution in [0.15, 0.2) is 48.8 Å². The molecule has 1 amide bonds. The zero-order valence-electron chi connectivity index (χ0n) is 16.6. The highest BCUT2D eigenvalue weighted by molar-refractivity contribution is 5.87. The number of rotatable bonds is 5. The van der Waals surface area contributed by atoms with E-state index in [1.807, 2.05) is 24.3 Å². The van der Waals surface area contributed by atoms with Crippen LogP contribution in [0.3, 0.4) is 0 Å². The normalized spacial score (nSPS) is 13.0. The average molecular weight is 399 g/mol. The molecule has 0 saturated carbocycles. The van der Waals surface area contributed by atoms with Crippen LogP contribution in [-0.2, 0) is 4.79 Å². The van der Waals surface area contributed by atoms with E-state index in [1.54, 1.807) is 24.5 Å². The summed E-state index contributed by atoms with van der Waals surface area (Å²) >= 11 is 0. The molecule has 0 spiro atoms. The van der Waals surface area contributed by atoms with Crippen LogP contribution in [-0.4, -0.2) is 33.9 Å². The highest BCUT2D eigenvalue weighted by atomic mass is 16.1. The van der Waals surface area contributed by atoms with E-state index < -0.39 is 0 Å². The van der Waals surface area contributed by atoms with E-state index in [4.69, 9.17) is 0 Å². The van der Waals surface area contributed by atoms with Gasteiger partial charge < -0.3 is 15.5 Å². The van der Waals surface area contributed by atoms with E-state index >= 15 is 0 Å². The molecule has 2 aromatic heterocycles. The predicted molar refractivity (Wildman–Crippen MR) is 115 cm³/mol. The van der Waals surface area contributed by atoms with Crippen molar-refractivity contribution in [2.24, 2.45) is 0 Å². The predicted octanol–water partition coefficient (Wildman–Crippen LogP) is 3.71. The van der Waals surface area contributed by atoms with Gasteiger partial charge in [0.2, 0.25) is 11.9 Å². The monoisotopic (exact) mass is 399 g/mol. The van der Waals surface area contributed by atoms with Gasteiger partial charge in [-0.05, 0) is 43.2 Å². The third-order valence-electron chi connectivity index (χ3n) is 4.84. The molecule has 0 aliphatic carbocycles. The molecule has 1 fully saturated rings. The molecule has 30 heavy (non-hydrogen) atoms. The number of nitriles is 1. The van der Waals surface area contributed by atoms with Gasteiger partial charge in [0.25, 0.3) is 0 Å². The van der Waals surface area contributed by atoms with Crippen LogP contribution in [0, 0.1) is 11.3 Å². The second kappa shape index (κ2) is 8.57. The lowest BCUT2D eigenvalue weighted by Gasteiger charge is -2.19. The summed E-state index contributed by atoms with van der Waals surface area (Å²) in [7, 11) is 0. The summed E-state index contributed by atoms with van der Waals surface area (Å²) in [5, 5.41) is 15.4. The van der Waals surface area contributed by atoms with Crippen molar-refractivity contribution in [3.63, 3.8) is 0 Å². The zero-order chi connectivity index (χ0) is 20.9. The highest BCUT2D eigenvalue weighted by Crippen LogP contribution is 2.29. The summed E-state index contributed by atoms with van der Waals surface area (Å²) in [6.07, 6.45) is 5.59. The molecule has 150 valence electrons. The number of nitrogens with zero attached hydrogens (tertiary/aromatic N) is 5. The number of carbonyl (C=O) groups excluding carboxylic acids is 1. The van der Waals surface area contributed by atoms with E-state index in [0.717, 1.165) is 42.9 Å². The standard InChI is InChI=1S/C22H21N7O/c1-15(30)26-21-7-5-18(14-25-21)27-22-24-9-8-19(28-22)16-4-6-20(17(12-16)13-23)29-10-2-3-11-29/h4-9,12,14H,2-3,10-11H2,1H3,(H,24,27,28)(H,25,26,30). The number of hydrogen-bond donors (Lipinski definition) is 2. The Kier molecular flexibility index (Phi) is 5.52. The Morgan fingerprint density at radius 2 is 1.97 bits per heavy atom. The van der Waals surface area contributed by atoms with Crippen molar-refractivity contribution in [1.29, 1.82) is 5.26 Å². The first-order valence-electron chi connectivity index (χ1n) is 9.75. The molecule has 3 heterocycles. The Hall–Kier alpha value is -3.99. The van der Waals surface area contributed by atoms with Crippen LogP contribution in [0.5, 0.6) is 0 Å². The molecule has 8 heteroatoms. The summed E-state index contributed by atoms with van der Waals surface area (Å²) in [6, 6.07) is 13.5. The van der Waals surface area contributed by atoms with Gasteiger partial charge in [-0.15, -0.1) is 0 Å². The number of hydrogen-bond acceptors (Lipinski definition) is 7. The first-order valence-corrected chi connectivity index (χ1v) is 9.75. The van der Waals surface area contributed by atoms with Crippen LogP contribution in [0.4, 0.5) is 23.1 Å². The van der Waals surface area contributed by atoms with Crippen molar-refractivity contribution < 1.29 is 4.79 Å². The van der Waals surface area contributed by atoms with Gasteiger partial charge in [-0.1, -0.05) is 6.07 Å². The number of aromatic nitrogens is 3. The molecule has 3 aromatic rings. The maximum Gasteiger partial charge on any atom is 0.227 e. The molecular weight excluding hydrogens is 378 g/mol.